The Morgan fingerprint density at radius 1 is 1.12 bits per heavy atom. The summed E-state index contributed by atoms with van der Waals surface area (Å²) in [6.45, 7) is 1.68. The van der Waals surface area contributed by atoms with Gasteiger partial charge in [0.05, 0.1) is 17.7 Å². The van der Waals surface area contributed by atoms with Crippen LogP contribution in [0.2, 0.25) is 0 Å². The van der Waals surface area contributed by atoms with Crippen LogP contribution in [0, 0.1) is 6.92 Å². The van der Waals surface area contributed by atoms with E-state index < -0.39 is 15.9 Å². The van der Waals surface area contributed by atoms with Gasteiger partial charge >= 0.3 is 6.01 Å². The van der Waals surface area contributed by atoms with Crippen molar-refractivity contribution in [2.75, 3.05) is 5.43 Å². The summed E-state index contributed by atoms with van der Waals surface area (Å²) in [6, 6.07) is 11.0. The molecule has 3 aromatic heterocycles. The minimum absolute atomic E-state index is 0.0106. The van der Waals surface area contributed by atoms with Gasteiger partial charge in [-0.2, -0.15) is 4.98 Å². The number of amides is 1. The van der Waals surface area contributed by atoms with Gasteiger partial charge in [-0.15, -0.1) is 0 Å². The standard InChI is InChI=1S/C20H18N6O5S/c1-13-4-5-16(32(28,29)22-12-15-3-2-10-30-15)11-17(13)19(27)24-25-20-23-18(26-31-20)14-6-8-21-9-7-14/h2-11,22H,12H2,1H3,(H,24,27)(H,23,25,26). The maximum Gasteiger partial charge on any atom is 0.340 e. The van der Waals surface area contributed by atoms with Crippen LogP contribution in [0.1, 0.15) is 21.7 Å². The lowest BCUT2D eigenvalue weighted by Crippen LogP contribution is -2.30. The first-order chi connectivity index (χ1) is 15.4. The zero-order valence-corrected chi connectivity index (χ0v) is 17.6. The number of sulfonamides is 1. The number of furan rings is 1. The summed E-state index contributed by atoms with van der Waals surface area (Å²) in [4.78, 5) is 20.6. The molecule has 0 atom stereocenters. The van der Waals surface area contributed by atoms with Crippen LogP contribution in [0.25, 0.3) is 11.4 Å². The first-order valence-corrected chi connectivity index (χ1v) is 10.8. The van der Waals surface area contributed by atoms with Gasteiger partial charge in [0.2, 0.25) is 15.8 Å². The SMILES string of the molecule is Cc1ccc(S(=O)(=O)NCc2ccco2)cc1C(=O)NNc1nc(-c2ccncc2)no1. The second-order valence-electron chi connectivity index (χ2n) is 6.62. The summed E-state index contributed by atoms with van der Waals surface area (Å²) >= 11 is 0. The maximum atomic E-state index is 12.6. The van der Waals surface area contributed by atoms with Crippen LogP contribution in [0.15, 0.2) is 75.0 Å². The lowest BCUT2D eigenvalue weighted by Gasteiger charge is -2.10. The number of hydrogen-bond donors (Lipinski definition) is 3. The molecular weight excluding hydrogens is 436 g/mol. The molecule has 0 saturated heterocycles. The molecule has 0 aliphatic carbocycles. The second-order valence-corrected chi connectivity index (χ2v) is 8.39. The quantitative estimate of drug-likeness (QED) is 0.340. The van der Waals surface area contributed by atoms with E-state index in [2.05, 4.69) is 30.7 Å². The highest BCUT2D eigenvalue weighted by Crippen LogP contribution is 2.18. The fourth-order valence-corrected chi connectivity index (χ4v) is 3.76. The number of carbonyl (C=O) groups excluding carboxylic acids is 1. The summed E-state index contributed by atoms with van der Waals surface area (Å²) in [6.07, 6.45) is 4.64. The molecule has 3 heterocycles. The van der Waals surface area contributed by atoms with Crippen molar-refractivity contribution >= 4 is 21.9 Å². The molecule has 0 fully saturated rings. The summed E-state index contributed by atoms with van der Waals surface area (Å²) in [5.74, 6) is 0.207. The number of aryl methyl sites for hydroxylation is 1. The smallest absolute Gasteiger partial charge is 0.340 e. The van der Waals surface area contributed by atoms with Crippen LogP contribution in [0.4, 0.5) is 6.01 Å². The van der Waals surface area contributed by atoms with Crippen LogP contribution >= 0.6 is 0 Å². The molecule has 12 heteroatoms. The number of nitrogens with zero attached hydrogens (tertiary/aromatic N) is 3. The molecule has 0 unspecified atom stereocenters. The van der Waals surface area contributed by atoms with Gasteiger partial charge in [0.15, 0.2) is 0 Å². The molecule has 1 aromatic carbocycles. The van der Waals surface area contributed by atoms with Crippen molar-refractivity contribution in [2.45, 2.75) is 18.4 Å². The van der Waals surface area contributed by atoms with E-state index in [1.807, 2.05) is 0 Å². The number of hydrazine groups is 1. The van der Waals surface area contributed by atoms with E-state index in [1.165, 1.54) is 18.4 Å². The highest BCUT2D eigenvalue weighted by molar-refractivity contribution is 7.89. The van der Waals surface area contributed by atoms with Gasteiger partial charge in [0.25, 0.3) is 5.91 Å². The van der Waals surface area contributed by atoms with Crippen molar-refractivity contribution in [2.24, 2.45) is 0 Å². The predicted molar refractivity (Wildman–Crippen MR) is 113 cm³/mol. The largest absolute Gasteiger partial charge is 0.468 e. The van der Waals surface area contributed by atoms with E-state index in [0.717, 1.165) is 0 Å². The van der Waals surface area contributed by atoms with Gasteiger partial charge in [-0.1, -0.05) is 11.2 Å². The lowest BCUT2D eigenvalue weighted by atomic mass is 10.1. The molecule has 4 aromatic rings. The van der Waals surface area contributed by atoms with Crippen LogP contribution in [-0.2, 0) is 16.6 Å². The first-order valence-electron chi connectivity index (χ1n) is 9.35. The van der Waals surface area contributed by atoms with Gasteiger partial charge in [-0.05, 0) is 48.9 Å². The number of hydrogen-bond acceptors (Lipinski definition) is 9. The highest BCUT2D eigenvalue weighted by Gasteiger charge is 2.19. The second kappa shape index (κ2) is 8.99. The van der Waals surface area contributed by atoms with Gasteiger partial charge in [0.1, 0.15) is 5.76 Å². The van der Waals surface area contributed by atoms with Gasteiger partial charge in [-0.25, -0.2) is 18.6 Å². The Morgan fingerprint density at radius 3 is 2.69 bits per heavy atom. The van der Waals surface area contributed by atoms with E-state index >= 15 is 0 Å². The monoisotopic (exact) mass is 454 g/mol. The number of aromatic nitrogens is 3. The van der Waals surface area contributed by atoms with Crippen molar-refractivity contribution < 1.29 is 22.2 Å². The number of carbonyl (C=O) groups is 1. The average Bonchev–Trinajstić information content (AvgIpc) is 3.49. The zero-order valence-electron chi connectivity index (χ0n) is 16.8. The van der Waals surface area contributed by atoms with Crippen LogP contribution < -0.4 is 15.6 Å². The normalized spacial score (nSPS) is 11.3. The van der Waals surface area contributed by atoms with Crippen LogP contribution in [0.3, 0.4) is 0 Å². The molecule has 0 radical (unpaired) electrons. The van der Waals surface area contributed by atoms with Crippen LogP contribution in [-0.4, -0.2) is 29.4 Å². The number of nitrogens with one attached hydrogen (secondary N) is 3. The Hall–Kier alpha value is -4.03. The molecule has 0 aliphatic heterocycles. The van der Waals surface area contributed by atoms with Gasteiger partial charge in [-0.3, -0.25) is 15.2 Å². The Balaban J connectivity index is 1.44. The lowest BCUT2D eigenvalue weighted by molar-refractivity contribution is 0.0960. The fraction of sp³-hybridized carbons (Fsp3) is 0.100. The Labute approximate surface area is 182 Å². The number of rotatable bonds is 8. The zero-order chi connectivity index (χ0) is 22.6. The average molecular weight is 454 g/mol. The van der Waals surface area contributed by atoms with Gasteiger partial charge in [0, 0.05) is 23.5 Å². The third-order valence-electron chi connectivity index (χ3n) is 4.43. The first kappa shape index (κ1) is 21.2. The van der Waals surface area contributed by atoms with Crippen LogP contribution in [0.5, 0.6) is 0 Å². The molecule has 11 nitrogen and oxygen atoms in total. The third-order valence-corrected chi connectivity index (χ3v) is 5.83. The van der Waals surface area contributed by atoms with Crippen molar-refractivity contribution in [1.29, 1.82) is 0 Å². The van der Waals surface area contributed by atoms with Crippen molar-refractivity contribution in [3.05, 3.63) is 78.0 Å². The molecule has 0 spiro atoms. The van der Waals surface area contributed by atoms with E-state index in [0.29, 0.717) is 22.7 Å². The summed E-state index contributed by atoms with van der Waals surface area (Å²) < 4.78 is 37.8. The number of anilines is 1. The molecule has 0 aliphatic rings. The minimum Gasteiger partial charge on any atom is -0.468 e. The topological polar surface area (TPSA) is 152 Å². The predicted octanol–water partition coefficient (Wildman–Crippen LogP) is 2.27. The molecule has 4 rings (SSSR count). The number of pyridine rings is 1. The van der Waals surface area contributed by atoms with E-state index in [9.17, 15) is 13.2 Å². The van der Waals surface area contributed by atoms with Crippen molar-refractivity contribution in [3.8, 4) is 11.4 Å². The van der Waals surface area contributed by atoms with E-state index in [1.54, 1.807) is 49.6 Å². The molecule has 1 amide bonds. The Morgan fingerprint density at radius 2 is 1.94 bits per heavy atom. The number of benzene rings is 1. The maximum absolute atomic E-state index is 12.6. The third kappa shape index (κ3) is 4.82. The molecular formula is C20H18N6O5S. The molecule has 0 saturated carbocycles. The van der Waals surface area contributed by atoms with E-state index in [4.69, 9.17) is 8.94 Å². The minimum atomic E-state index is -3.86. The van der Waals surface area contributed by atoms with Gasteiger partial charge < -0.3 is 8.94 Å². The Kier molecular flexibility index (Phi) is 5.96. The molecule has 32 heavy (non-hydrogen) atoms. The summed E-state index contributed by atoms with van der Waals surface area (Å²) in [5, 5.41) is 3.82. The summed E-state index contributed by atoms with van der Waals surface area (Å²) in [5.41, 5.74) is 6.39. The summed E-state index contributed by atoms with van der Waals surface area (Å²) in [7, 11) is -3.86. The van der Waals surface area contributed by atoms with Crippen molar-refractivity contribution in [1.82, 2.24) is 25.3 Å². The van der Waals surface area contributed by atoms with E-state index in [-0.39, 0.29) is 23.0 Å². The highest BCUT2D eigenvalue weighted by atomic mass is 32.2. The Bertz CT molecular complexity index is 1320. The molecule has 0 bridgehead atoms. The van der Waals surface area contributed by atoms with Crippen molar-refractivity contribution in [3.63, 3.8) is 0 Å². The fourth-order valence-electron chi connectivity index (χ4n) is 2.75. The molecule has 3 N–H and O–H groups in total. The molecule has 164 valence electrons.